The van der Waals surface area contributed by atoms with E-state index in [0.717, 1.165) is 50.7 Å². The summed E-state index contributed by atoms with van der Waals surface area (Å²) in [6, 6.07) is 0. The number of allylic oxidation sites excluding steroid dienone is 2. The van der Waals surface area contributed by atoms with Gasteiger partial charge in [-0.1, -0.05) is 44.7 Å². The molecule has 0 heterocycles. The summed E-state index contributed by atoms with van der Waals surface area (Å²) < 4.78 is 5.62. The van der Waals surface area contributed by atoms with Crippen molar-refractivity contribution in [2.75, 3.05) is 13.2 Å². The molecule has 0 radical (unpaired) electrons. The number of carbonyl (C=O) groups excluding carboxylic acids is 1. The zero-order valence-electron chi connectivity index (χ0n) is 12.8. The summed E-state index contributed by atoms with van der Waals surface area (Å²) in [5.41, 5.74) is 1.06. The second kappa shape index (κ2) is 9.71. The highest BCUT2D eigenvalue weighted by atomic mass is 16.5. The number of Topliss-reactive ketones (excluding diaryl/α,β-unsaturated/α-hetero) is 1. The van der Waals surface area contributed by atoms with Crippen LogP contribution in [0.15, 0.2) is 37.0 Å². The Hall–Kier alpha value is -1.15. The van der Waals surface area contributed by atoms with E-state index < -0.39 is 0 Å². The maximum Gasteiger partial charge on any atom is 0.133 e. The first kappa shape index (κ1) is 16.9. The lowest BCUT2D eigenvalue weighted by molar-refractivity contribution is -0.122. The SMILES string of the molecule is C=C/C=C(\C=C)COCCCCC1CC(=O)CCC1C. The standard InChI is InChI=1S/C18H28O2/c1-4-8-16(5-2)14-20-12-7-6-9-17-13-18(19)11-10-15(17)3/h4-5,8,15,17H,1-2,6-7,9-14H2,3H3/b16-8+. The molecule has 0 aliphatic heterocycles. The molecule has 1 fully saturated rings. The molecule has 0 aromatic rings. The monoisotopic (exact) mass is 276 g/mol. The van der Waals surface area contributed by atoms with Crippen LogP contribution >= 0.6 is 0 Å². The van der Waals surface area contributed by atoms with Crippen LogP contribution in [-0.4, -0.2) is 19.0 Å². The minimum atomic E-state index is 0.453. The van der Waals surface area contributed by atoms with Gasteiger partial charge in [0.2, 0.25) is 0 Å². The zero-order valence-corrected chi connectivity index (χ0v) is 12.8. The van der Waals surface area contributed by atoms with Crippen LogP contribution in [0.5, 0.6) is 0 Å². The number of carbonyl (C=O) groups is 1. The summed E-state index contributed by atoms with van der Waals surface area (Å²) in [7, 11) is 0. The van der Waals surface area contributed by atoms with E-state index in [1.807, 2.05) is 6.08 Å². The van der Waals surface area contributed by atoms with Gasteiger partial charge >= 0.3 is 0 Å². The quantitative estimate of drug-likeness (QED) is 0.458. The van der Waals surface area contributed by atoms with Crippen molar-refractivity contribution in [3.05, 3.63) is 37.0 Å². The second-order valence-electron chi connectivity index (χ2n) is 5.75. The molecule has 0 spiro atoms. The highest BCUT2D eigenvalue weighted by Crippen LogP contribution is 2.31. The third-order valence-electron chi connectivity index (χ3n) is 4.15. The van der Waals surface area contributed by atoms with Gasteiger partial charge in [0.15, 0.2) is 0 Å². The van der Waals surface area contributed by atoms with E-state index in [4.69, 9.17) is 4.74 Å². The van der Waals surface area contributed by atoms with Crippen LogP contribution < -0.4 is 0 Å². The van der Waals surface area contributed by atoms with Crippen molar-refractivity contribution in [1.29, 1.82) is 0 Å². The topological polar surface area (TPSA) is 26.3 Å². The van der Waals surface area contributed by atoms with Crippen molar-refractivity contribution in [2.45, 2.75) is 45.4 Å². The lowest BCUT2D eigenvalue weighted by Gasteiger charge is -2.27. The fourth-order valence-corrected chi connectivity index (χ4v) is 2.73. The normalized spacial score (nSPS) is 23.6. The van der Waals surface area contributed by atoms with E-state index in [1.54, 1.807) is 12.2 Å². The first-order chi connectivity index (χ1) is 9.67. The minimum Gasteiger partial charge on any atom is -0.377 e. The Labute approximate surface area is 123 Å². The fourth-order valence-electron chi connectivity index (χ4n) is 2.73. The minimum absolute atomic E-state index is 0.453. The van der Waals surface area contributed by atoms with Crippen molar-refractivity contribution in [3.8, 4) is 0 Å². The van der Waals surface area contributed by atoms with E-state index in [1.165, 1.54) is 0 Å². The van der Waals surface area contributed by atoms with Crippen molar-refractivity contribution in [1.82, 2.24) is 0 Å². The number of hydrogen-bond acceptors (Lipinski definition) is 2. The molecule has 0 amide bonds. The maximum absolute atomic E-state index is 11.5. The number of rotatable bonds is 9. The predicted molar refractivity (Wildman–Crippen MR) is 84.7 cm³/mol. The van der Waals surface area contributed by atoms with Gasteiger partial charge in [-0.3, -0.25) is 4.79 Å². The van der Waals surface area contributed by atoms with E-state index in [2.05, 4.69) is 20.1 Å². The third-order valence-corrected chi connectivity index (χ3v) is 4.15. The van der Waals surface area contributed by atoms with Crippen molar-refractivity contribution in [2.24, 2.45) is 11.8 Å². The molecule has 2 atom stereocenters. The molecule has 2 unspecified atom stereocenters. The molecule has 112 valence electrons. The lowest BCUT2D eigenvalue weighted by atomic mass is 9.77. The van der Waals surface area contributed by atoms with E-state index >= 15 is 0 Å². The van der Waals surface area contributed by atoms with E-state index in [9.17, 15) is 4.79 Å². The molecule has 2 heteroatoms. The van der Waals surface area contributed by atoms with Crippen molar-refractivity contribution in [3.63, 3.8) is 0 Å². The zero-order chi connectivity index (χ0) is 14.8. The number of ether oxygens (including phenoxy) is 1. The van der Waals surface area contributed by atoms with Gasteiger partial charge in [-0.2, -0.15) is 0 Å². The Balaban J connectivity index is 2.09. The molecule has 20 heavy (non-hydrogen) atoms. The van der Waals surface area contributed by atoms with Gasteiger partial charge in [0.05, 0.1) is 6.61 Å². The average molecular weight is 276 g/mol. The molecule has 1 rings (SSSR count). The van der Waals surface area contributed by atoms with Crippen molar-refractivity contribution >= 4 is 5.78 Å². The van der Waals surface area contributed by atoms with Gasteiger partial charge in [0.1, 0.15) is 5.78 Å². The first-order valence-electron chi connectivity index (χ1n) is 7.70. The summed E-state index contributed by atoms with van der Waals surface area (Å²) in [5, 5.41) is 0. The Morgan fingerprint density at radius 3 is 2.90 bits per heavy atom. The van der Waals surface area contributed by atoms with Gasteiger partial charge in [0, 0.05) is 19.4 Å². The summed E-state index contributed by atoms with van der Waals surface area (Å²) in [5.74, 6) is 1.76. The molecule has 0 N–H and O–H groups in total. The Morgan fingerprint density at radius 1 is 1.40 bits per heavy atom. The van der Waals surface area contributed by atoms with Crippen LogP contribution in [0.3, 0.4) is 0 Å². The van der Waals surface area contributed by atoms with Crippen LogP contribution in [0.4, 0.5) is 0 Å². The van der Waals surface area contributed by atoms with Crippen LogP contribution in [-0.2, 0) is 9.53 Å². The second-order valence-corrected chi connectivity index (χ2v) is 5.75. The molecule has 1 saturated carbocycles. The molecule has 1 aliphatic carbocycles. The molecule has 2 nitrogen and oxygen atoms in total. The summed E-state index contributed by atoms with van der Waals surface area (Å²) in [4.78, 5) is 11.5. The third kappa shape index (κ3) is 6.33. The smallest absolute Gasteiger partial charge is 0.133 e. The van der Waals surface area contributed by atoms with Gasteiger partial charge < -0.3 is 4.74 Å². The van der Waals surface area contributed by atoms with Crippen LogP contribution in [0.1, 0.15) is 45.4 Å². The number of hydrogen-bond donors (Lipinski definition) is 0. The largest absolute Gasteiger partial charge is 0.377 e. The van der Waals surface area contributed by atoms with Gasteiger partial charge in [0.25, 0.3) is 0 Å². The Bertz CT molecular complexity index is 354. The van der Waals surface area contributed by atoms with Gasteiger partial charge in [-0.15, -0.1) is 0 Å². The van der Waals surface area contributed by atoms with Crippen LogP contribution in [0.2, 0.25) is 0 Å². The summed E-state index contributed by atoms with van der Waals surface area (Å²) in [6.45, 7) is 11.1. The Kier molecular flexibility index (Phi) is 8.20. The van der Waals surface area contributed by atoms with E-state index in [0.29, 0.717) is 24.2 Å². The molecule has 0 saturated heterocycles. The number of ketones is 1. The molecule has 1 aliphatic rings. The number of unbranched alkanes of at least 4 members (excludes halogenated alkanes) is 1. The maximum atomic E-state index is 11.5. The molecular formula is C18H28O2. The molecule has 0 aromatic heterocycles. The highest BCUT2D eigenvalue weighted by Gasteiger charge is 2.25. The summed E-state index contributed by atoms with van der Waals surface area (Å²) >= 11 is 0. The highest BCUT2D eigenvalue weighted by molar-refractivity contribution is 5.79. The van der Waals surface area contributed by atoms with Gasteiger partial charge in [-0.05, 0) is 36.7 Å². The molecule has 0 aromatic carbocycles. The average Bonchev–Trinajstić information content (AvgIpc) is 2.44. The van der Waals surface area contributed by atoms with Crippen molar-refractivity contribution < 1.29 is 9.53 Å². The lowest BCUT2D eigenvalue weighted by Crippen LogP contribution is -2.22. The Morgan fingerprint density at radius 2 is 2.20 bits per heavy atom. The van der Waals surface area contributed by atoms with Crippen LogP contribution in [0.25, 0.3) is 0 Å². The summed E-state index contributed by atoms with van der Waals surface area (Å²) in [6.07, 6.45) is 11.5. The first-order valence-corrected chi connectivity index (χ1v) is 7.70. The predicted octanol–water partition coefficient (Wildman–Crippen LogP) is 4.48. The fraction of sp³-hybridized carbons (Fsp3) is 0.611. The van der Waals surface area contributed by atoms with Crippen LogP contribution in [0, 0.1) is 11.8 Å². The van der Waals surface area contributed by atoms with E-state index in [-0.39, 0.29) is 0 Å². The molecule has 0 bridgehead atoms. The van der Waals surface area contributed by atoms with Gasteiger partial charge in [-0.25, -0.2) is 0 Å². The molecular weight excluding hydrogens is 248 g/mol.